The molecule has 2 heterocycles. The Labute approximate surface area is 176 Å². The van der Waals surface area contributed by atoms with Crippen LogP contribution < -0.4 is 10.5 Å². The van der Waals surface area contributed by atoms with Gasteiger partial charge in [0.15, 0.2) is 0 Å². The van der Waals surface area contributed by atoms with Crippen LogP contribution in [0.3, 0.4) is 0 Å². The molecule has 0 bridgehead atoms. The largest absolute Gasteiger partial charge is 0.497 e. The molecule has 30 heavy (non-hydrogen) atoms. The molecule has 0 unspecified atom stereocenters. The van der Waals surface area contributed by atoms with Crippen molar-refractivity contribution in [1.29, 1.82) is 0 Å². The summed E-state index contributed by atoms with van der Waals surface area (Å²) in [5.74, 6) is 1.54. The SMILES string of the molecule is COc1ccc(-c2nc(C3CCN(C(=O)[C@@H]4CC=CCC4)CC3)[nH]c2C(N)=O)cc1. The monoisotopic (exact) mass is 408 g/mol. The molecule has 1 saturated heterocycles. The number of hydrogen-bond acceptors (Lipinski definition) is 4. The number of nitrogens with zero attached hydrogens (tertiary/aromatic N) is 2. The first-order valence-corrected chi connectivity index (χ1v) is 10.5. The molecule has 158 valence electrons. The predicted molar refractivity (Wildman–Crippen MR) is 114 cm³/mol. The zero-order chi connectivity index (χ0) is 21.1. The van der Waals surface area contributed by atoms with Crippen LogP contribution >= 0.6 is 0 Å². The summed E-state index contributed by atoms with van der Waals surface area (Å²) in [6, 6.07) is 7.40. The number of methoxy groups -OCH3 is 1. The molecule has 1 atom stereocenters. The Morgan fingerprint density at radius 1 is 1.13 bits per heavy atom. The zero-order valence-corrected chi connectivity index (χ0v) is 17.3. The molecule has 0 radical (unpaired) electrons. The summed E-state index contributed by atoms with van der Waals surface area (Å²) < 4.78 is 5.20. The van der Waals surface area contributed by atoms with Gasteiger partial charge in [-0.1, -0.05) is 12.2 Å². The van der Waals surface area contributed by atoms with Gasteiger partial charge in [-0.05, 0) is 56.4 Å². The molecule has 1 aromatic heterocycles. The van der Waals surface area contributed by atoms with Crippen LogP contribution in [0.4, 0.5) is 0 Å². The van der Waals surface area contributed by atoms with Crippen molar-refractivity contribution in [3.05, 3.63) is 47.9 Å². The number of allylic oxidation sites excluding steroid dienone is 2. The van der Waals surface area contributed by atoms with Crippen molar-refractivity contribution < 1.29 is 14.3 Å². The summed E-state index contributed by atoms with van der Waals surface area (Å²) in [5.41, 5.74) is 7.30. The second-order valence-electron chi connectivity index (χ2n) is 8.02. The number of hydrogen-bond donors (Lipinski definition) is 2. The number of aromatic amines is 1. The Morgan fingerprint density at radius 2 is 1.87 bits per heavy atom. The van der Waals surface area contributed by atoms with Gasteiger partial charge in [-0.25, -0.2) is 4.98 Å². The lowest BCUT2D eigenvalue weighted by molar-refractivity contribution is -0.136. The number of ether oxygens (including phenoxy) is 1. The van der Waals surface area contributed by atoms with Crippen LogP contribution in [0.15, 0.2) is 36.4 Å². The van der Waals surface area contributed by atoms with E-state index >= 15 is 0 Å². The number of benzene rings is 1. The first-order valence-electron chi connectivity index (χ1n) is 10.5. The number of piperidine rings is 1. The van der Waals surface area contributed by atoms with Crippen molar-refractivity contribution in [2.75, 3.05) is 20.2 Å². The average molecular weight is 409 g/mol. The Bertz CT molecular complexity index is 940. The number of H-pyrrole nitrogens is 1. The third kappa shape index (κ3) is 4.10. The van der Waals surface area contributed by atoms with E-state index in [4.69, 9.17) is 15.5 Å². The van der Waals surface area contributed by atoms with Crippen LogP contribution in [0, 0.1) is 5.92 Å². The lowest BCUT2D eigenvalue weighted by atomic mass is 9.90. The van der Waals surface area contributed by atoms with Gasteiger partial charge in [-0.15, -0.1) is 0 Å². The van der Waals surface area contributed by atoms with E-state index in [1.807, 2.05) is 29.2 Å². The van der Waals surface area contributed by atoms with Crippen molar-refractivity contribution in [2.24, 2.45) is 11.7 Å². The number of carbonyl (C=O) groups is 2. The number of likely N-dealkylation sites (tertiary alicyclic amines) is 1. The first kappa shape index (κ1) is 20.2. The highest BCUT2D eigenvalue weighted by Crippen LogP contribution is 2.32. The highest BCUT2D eigenvalue weighted by molar-refractivity contribution is 5.97. The maximum Gasteiger partial charge on any atom is 0.267 e. The van der Waals surface area contributed by atoms with Crippen molar-refractivity contribution in [3.63, 3.8) is 0 Å². The van der Waals surface area contributed by atoms with Gasteiger partial charge in [-0.2, -0.15) is 0 Å². The molecule has 2 amide bonds. The van der Waals surface area contributed by atoms with Gasteiger partial charge in [-0.3, -0.25) is 9.59 Å². The zero-order valence-electron chi connectivity index (χ0n) is 17.3. The van der Waals surface area contributed by atoms with Gasteiger partial charge in [0.05, 0.1) is 7.11 Å². The quantitative estimate of drug-likeness (QED) is 0.742. The Balaban J connectivity index is 1.47. The van der Waals surface area contributed by atoms with Crippen LogP contribution in [-0.4, -0.2) is 46.9 Å². The summed E-state index contributed by atoms with van der Waals surface area (Å²) in [5, 5.41) is 0. The van der Waals surface area contributed by atoms with E-state index in [-0.39, 0.29) is 17.7 Å². The van der Waals surface area contributed by atoms with Gasteiger partial charge in [0.25, 0.3) is 5.91 Å². The second-order valence-corrected chi connectivity index (χ2v) is 8.02. The molecule has 3 N–H and O–H groups in total. The minimum absolute atomic E-state index is 0.123. The summed E-state index contributed by atoms with van der Waals surface area (Å²) in [6.45, 7) is 1.43. The Kier molecular flexibility index (Phi) is 5.88. The Hall–Kier alpha value is -3.09. The molecular weight excluding hydrogens is 380 g/mol. The van der Waals surface area contributed by atoms with Crippen molar-refractivity contribution in [3.8, 4) is 17.0 Å². The van der Waals surface area contributed by atoms with Gasteiger partial charge in [0.1, 0.15) is 23.0 Å². The van der Waals surface area contributed by atoms with Crippen LogP contribution in [0.25, 0.3) is 11.3 Å². The summed E-state index contributed by atoms with van der Waals surface area (Å²) in [4.78, 5) is 34.7. The number of nitrogens with two attached hydrogens (primary N) is 1. The van der Waals surface area contributed by atoms with Gasteiger partial charge in [0.2, 0.25) is 5.91 Å². The van der Waals surface area contributed by atoms with Crippen LogP contribution in [0.5, 0.6) is 5.75 Å². The lowest BCUT2D eigenvalue weighted by Gasteiger charge is -2.34. The van der Waals surface area contributed by atoms with E-state index in [0.717, 1.165) is 49.2 Å². The summed E-state index contributed by atoms with van der Waals surface area (Å²) >= 11 is 0. The molecule has 2 aromatic rings. The third-order valence-corrected chi connectivity index (χ3v) is 6.14. The van der Waals surface area contributed by atoms with Crippen molar-refractivity contribution in [2.45, 2.75) is 38.0 Å². The van der Waals surface area contributed by atoms with Crippen LogP contribution in [0.1, 0.15) is 54.3 Å². The van der Waals surface area contributed by atoms with E-state index in [1.165, 1.54) is 0 Å². The van der Waals surface area contributed by atoms with E-state index in [0.29, 0.717) is 24.5 Å². The van der Waals surface area contributed by atoms with Gasteiger partial charge < -0.3 is 20.4 Å². The predicted octanol–water partition coefficient (Wildman–Crippen LogP) is 3.25. The van der Waals surface area contributed by atoms with E-state index < -0.39 is 5.91 Å². The number of primary amides is 1. The van der Waals surface area contributed by atoms with Crippen LogP contribution in [0.2, 0.25) is 0 Å². The minimum Gasteiger partial charge on any atom is -0.497 e. The molecule has 7 nitrogen and oxygen atoms in total. The fraction of sp³-hybridized carbons (Fsp3) is 0.435. The molecule has 1 aromatic carbocycles. The molecule has 0 spiro atoms. The fourth-order valence-corrected chi connectivity index (χ4v) is 4.37. The maximum atomic E-state index is 12.8. The highest BCUT2D eigenvalue weighted by Gasteiger charge is 2.30. The molecule has 1 aliphatic carbocycles. The van der Waals surface area contributed by atoms with Crippen molar-refractivity contribution in [1.82, 2.24) is 14.9 Å². The minimum atomic E-state index is -0.530. The molecule has 1 fully saturated rings. The molecule has 1 aliphatic heterocycles. The fourth-order valence-electron chi connectivity index (χ4n) is 4.37. The highest BCUT2D eigenvalue weighted by atomic mass is 16.5. The summed E-state index contributed by atoms with van der Waals surface area (Å²) in [6.07, 6.45) is 8.70. The topological polar surface area (TPSA) is 101 Å². The van der Waals surface area contributed by atoms with E-state index in [1.54, 1.807) is 7.11 Å². The normalized spacial score (nSPS) is 19.6. The average Bonchev–Trinajstić information content (AvgIpc) is 3.25. The van der Waals surface area contributed by atoms with Crippen LogP contribution in [-0.2, 0) is 4.79 Å². The number of aromatic nitrogens is 2. The van der Waals surface area contributed by atoms with Gasteiger partial charge >= 0.3 is 0 Å². The van der Waals surface area contributed by atoms with Crippen molar-refractivity contribution >= 4 is 11.8 Å². The molecule has 4 rings (SSSR count). The third-order valence-electron chi connectivity index (χ3n) is 6.14. The second kappa shape index (κ2) is 8.73. The van der Waals surface area contributed by atoms with E-state index in [2.05, 4.69) is 17.1 Å². The maximum absolute atomic E-state index is 12.8. The number of nitrogens with one attached hydrogen (secondary N) is 1. The first-order chi connectivity index (χ1) is 14.6. The number of imidazole rings is 1. The molecule has 7 heteroatoms. The number of amides is 2. The summed E-state index contributed by atoms with van der Waals surface area (Å²) in [7, 11) is 1.61. The molecule has 0 saturated carbocycles. The van der Waals surface area contributed by atoms with Gasteiger partial charge in [0, 0.05) is 30.5 Å². The molecular formula is C23H28N4O3. The number of carbonyl (C=O) groups excluding carboxylic acids is 2. The Morgan fingerprint density at radius 3 is 2.47 bits per heavy atom. The smallest absolute Gasteiger partial charge is 0.267 e. The molecule has 2 aliphatic rings. The lowest BCUT2D eigenvalue weighted by Crippen LogP contribution is -2.41. The van der Waals surface area contributed by atoms with E-state index in [9.17, 15) is 9.59 Å². The number of rotatable bonds is 5. The standard InChI is InChI=1S/C23H28N4O3/c1-30-18-9-7-15(8-10-18)19-20(21(24)28)26-22(25-19)16-11-13-27(14-12-16)23(29)17-5-3-2-4-6-17/h2-3,7-10,16-17H,4-6,11-14H2,1H3,(H2,24,28)(H,25,26)/t17-/m1/s1.